The molecule has 0 N–H and O–H groups in total. The molecular formula is C4H6BrNNa. The van der Waals surface area contributed by atoms with Crippen LogP contribution in [0.1, 0.15) is 6.92 Å². The smallest absolute Gasteiger partial charge is 0.0587 e. The van der Waals surface area contributed by atoms with Gasteiger partial charge in [-0.2, -0.15) is 5.26 Å². The zero-order chi connectivity index (χ0) is 5.41. The number of hydrogen-bond acceptors (Lipinski definition) is 1. The Labute approximate surface area is 74.8 Å². The van der Waals surface area contributed by atoms with Crippen LogP contribution in [0.15, 0.2) is 11.6 Å². The van der Waals surface area contributed by atoms with Gasteiger partial charge >= 0.3 is 0 Å². The maximum Gasteiger partial charge on any atom is 0.0587 e. The van der Waals surface area contributed by atoms with E-state index in [9.17, 15) is 0 Å². The van der Waals surface area contributed by atoms with E-state index in [2.05, 4.69) is 22.5 Å². The summed E-state index contributed by atoms with van der Waals surface area (Å²) in [4.78, 5) is 1.56. The van der Waals surface area contributed by atoms with Crippen molar-refractivity contribution in [3.8, 4) is 6.07 Å². The van der Waals surface area contributed by atoms with E-state index in [4.69, 9.17) is 5.26 Å². The van der Waals surface area contributed by atoms with Crippen molar-refractivity contribution >= 4 is 45.5 Å². The first kappa shape index (κ1) is 15.6. The van der Waals surface area contributed by atoms with E-state index in [1.807, 2.05) is 0 Å². The molecule has 0 spiro atoms. The molecule has 0 fully saturated rings. The maximum atomic E-state index is 7.32. The number of hydrogen-bond donors (Lipinski definition) is 0. The van der Waals surface area contributed by atoms with Gasteiger partial charge < -0.3 is 0 Å². The topological polar surface area (TPSA) is 23.8 Å². The minimum atomic E-state index is 0. The van der Waals surface area contributed by atoms with Crippen molar-refractivity contribution in [1.82, 2.24) is 0 Å². The minimum Gasteiger partial charge on any atom is -0.199 e. The molecule has 3 heteroatoms. The summed E-state index contributed by atoms with van der Waals surface area (Å²) in [5, 5.41) is 7.32. The summed E-state index contributed by atoms with van der Waals surface area (Å²) in [5.74, 6) is 0. The van der Waals surface area contributed by atoms with Crippen molar-refractivity contribution in [3.63, 3.8) is 0 Å². The fraction of sp³-hybridized carbons (Fsp3) is 0.250. The molecule has 1 nitrogen and oxygen atoms in total. The molecular weight excluding hydrogens is 165 g/mol. The summed E-state index contributed by atoms with van der Waals surface area (Å²) in [5.41, 5.74) is 0. The van der Waals surface area contributed by atoms with Crippen LogP contribution in [0.4, 0.5) is 0 Å². The van der Waals surface area contributed by atoms with Crippen LogP contribution >= 0.6 is 15.9 Å². The van der Waals surface area contributed by atoms with Crippen LogP contribution in [0.3, 0.4) is 0 Å². The fourth-order valence-electron chi connectivity index (χ4n) is 0. The fourth-order valence-corrected chi connectivity index (χ4v) is 0. The third kappa shape index (κ3) is 295. The SMILES string of the molecule is C=CBr.CC#N.[Na]. The van der Waals surface area contributed by atoms with Gasteiger partial charge in [0.05, 0.1) is 6.07 Å². The molecule has 0 rings (SSSR count). The first-order valence-electron chi connectivity index (χ1n) is 1.35. The Morgan fingerprint density at radius 3 is 1.86 bits per heavy atom. The first-order chi connectivity index (χ1) is 2.83. The van der Waals surface area contributed by atoms with Gasteiger partial charge in [-0.15, -0.1) is 0 Å². The number of rotatable bonds is 0. The molecule has 0 saturated heterocycles. The third-order valence-electron chi connectivity index (χ3n) is 0. The maximum absolute atomic E-state index is 7.32. The zero-order valence-corrected chi connectivity index (χ0v) is 8.20. The van der Waals surface area contributed by atoms with Gasteiger partial charge in [-0.25, -0.2) is 0 Å². The summed E-state index contributed by atoms with van der Waals surface area (Å²) in [6.07, 6.45) is 0. The van der Waals surface area contributed by atoms with E-state index in [0.29, 0.717) is 0 Å². The van der Waals surface area contributed by atoms with Crippen molar-refractivity contribution in [2.75, 3.05) is 0 Å². The molecule has 0 saturated carbocycles. The van der Waals surface area contributed by atoms with Crippen molar-refractivity contribution in [3.05, 3.63) is 11.6 Å². The Bertz CT molecular complexity index is 57.2. The van der Waals surface area contributed by atoms with Gasteiger partial charge in [0, 0.05) is 36.5 Å². The van der Waals surface area contributed by atoms with Crippen molar-refractivity contribution in [1.29, 1.82) is 5.26 Å². The van der Waals surface area contributed by atoms with Crippen LogP contribution in [-0.4, -0.2) is 29.6 Å². The predicted octanol–water partition coefficient (Wildman–Crippen LogP) is 1.67. The zero-order valence-electron chi connectivity index (χ0n) is 4.61. The third-order valence-corrected chi connectivity index (χ3v) is 0. The Kier molecular flexibility index (Phi) is 66.6. The molecule has 0 aromatic rings. The van der Waals surface area contributed by atoms with E-state index in [1.54, 1.807) is 11.1 Å². The average Bonchev–Trinajstić information content (AvgIpc) is 1.39. The molecule has 7 heavy (non-hydrogen) atoms. The molecule has 0 atom stereocenters. The summed E-state index contributed by atoms with van der Waals surface area (Å²) < 4.78 is 0. The van der Waals surface area contributed by atoms with E-state index in [-0.39, 0.29) is 29.6 Å². The summed E-state index contributed by atoms with van der Waals surface area (Å²) >= 11 is 2.91. The van der Waals surface area contributed by atoms with E-state index in [1.165, 1.54) is 6.92 Å². The van der Waals surface area contributed by atoms with Crippen molar-refractivity contribution in [2.24, 2.45) is 0 Å². The van der Waals surface area contributed by atoms with Gasteiger partial charge in [0.25, 0.3) is 0 Å². The summed E-state index contributed by atoms with van der Waals surface area (Å²) in [6, 6.07) is 1.75. The molecule has 0 aliphatic heterocycles. The van der Waals surface area contributed by atoms with E-state index >= 15 is 0 Å². The van der Waals surface area contributed by atoms with Gasteiger partial charge in [-0.1, -0.05) is 22.5 Å². The second-order valence-corrected chi connectivity index (χ2v) is 1.03. The molecule has 0 heterocycles. The molecule has 0 aromatic heterocycles. The number of nitrogens with zero attached hydrogens (tertiary/aromatic N) is 1. The standard InChI is InChI=1S/C2H3Br.C2H3N.Na/c2*1-2-3;/h2H,1H2;1H3;. The Balaban J connectivity index is -0.0000000400. The van der Waals surface area contributed by atoms with Crippen LogP contribution in [0.2, 0.25) is 0 Å². The molecule has 0 unspecified atom stereocenters. The predicted molar refractivity (Wildman–Crippen MR) is 36.2 cm³/mol. The van der Waals surface area contributed by atoms with Gasteiger partial charge in [-0.05, 0) is 4.99 Å². The first-order valence-corrected chi connectivity index (χ1v) is 2.27. The molecule has 0 bridgehead atoms. The summed E-state index contributed by atoms with van der Waals surface area (Å²) in [7, 11) is 0. The number of nitriles is 1. The van der Waals surface area contributed by atoms with Gasteiger partial charge in [0.2, 0.25) is 0 Å². The van der Waals surface area contributed by atoms with Crippen LogP contribution in [0.25, 0.3) is 0 Å². The van der Waals surface area contributed by atoms with Crippen molar-refractivity contribution < 1.29 is 0 Å². The average molecular weight is 171 g/mol. The summed E-state index contributed by atoms with van der Waals surface area (Å²) in [6.45, 7) is 4.71. The second kappa shape index (κ2) is 29.8. The van der Waals surface area contributed by atoms with E-state index in [0.717, 1.165) is 0 Å². The normalized spacial score (nSPS) is 3.00. The van der Waals surface area contributed by atoms with Crippen LogP contribution in [-0.2, 0) is 0 Å². The molecule has 0 amide bonds. The largest absolute Gasteiger partial charge is 0.199 e. The monoisotopic (exact) mass is 170 g/mol. The van der Waals surface area contributed by atoms with Gasteiger partial charge in [0.1, 0.15) is 0 Å². The Morgan fingerprint density at radius 1 is 1.86 bits per heavy atom. The molecule has 1 radical (unpaired) electrons. The number of halogens is 1. The molecule has 0 aliphatic rings. The van der Waals surface area contributed by atoms with E-state index < -0.39 is 0 Å². The molecule has 0 aliphatic carbocycles. The molecule has 0 aromatic carbocycles. The molecule has 35 valence electrons. The quantitative estimate of drug-likeness (QED) is 0.508. The Hall–Kier alpha value is 0.710. The van der Waals surface area contributed by atoms with Crippen molar-refractivity contribution in [2.45, 2.75) is 6.92 Å². The van der Waals surface area contributed by atoms with Crippen LogP contribution in [0.5, 0.6) is 0 Å². The van der Waals surface area contributed by atoms with Gasteiger partial charge in [-0.3, -0.25) is 0 Å². The van der Waals surface area contributed by atoms with Gasteiger partial charge in [0.15, 0.2) is 0 Å². The second-order valence-electron chi connectivity index (χ2n) is 0.378. The Morgan fingerprint density at radius 2 is 1.86 bits per heavy atom. The van der Waals surface area contributed by atoms with Crippen LogP contribution in [0, 0.1) is 11.3 Å². The minimum absolute atomic E-state index is 0. The van der Waals surface area contributed by atoms with Crippen LogP contribution < -0.4 is 0 Å².